The van der Waals surface area contributed by atoms with Crippen molar-refractivity contribution in [2.75, 3.05) is 5.32 Å². The van der Waals surface area contributed by atoms with E-state index in [1.165, 1.54) is 18.2 Å². The van der Waals surface area contributed by atoms with Gasteiger partial charge in [0.25, 0.3) is 0 Å². The Kier molecular flexibility index (Phi) is 5.13. The Labute approximate surface area is 174 Å². The van der Waals surface area contributed by atoms with Gasteiger partial charge >= 0.3 is 6.18 Å². The van der Waals surface area contributed by atoms with Crippen molar-refractivity contribution < 1.29 is 13.2 Å². The van der Waals surface area contributed by atoms with Gasteiger partial charge in [0.15, 0.2) is 5.82 Å². The lowest BCUT2D eigenvalue weighted by atomic mass is 10.1. The van der Waals surface area contributed by atoms with Gasteiger partial charge in [0.1, 0.15) is 11.6 Å². The third-order valence-corrected chi connectivity index (χ3v) is 4.52. The number of anilines is 2. The number of hydrogen-bond acceptors (Lipinski definition) is 5. The molecular formula is C20H14ClF3N6. The minimum absolute atomic E-state index is 0.102. The second-order valence-corrected chi connectivity index (χ2v) is 6.76. The van der Waals surface area contributed by atoms with Gasteiger partial charge in [-0.25, -0.2) is 9.97 Å². The Bertz CT molecular complexity index is 1210. The Morgan fingerprint density at radius 1 is 0.933 bits per heavy atom. The van der Waals surface area contributed by atoms with Gasteiger partial charge in [-0.3, -0.25) is 5.10 Å². The summed E-state index contributed by atoms with van der Waals surface area (Å²) in [6, 6.07) is 13.6. The normalized spacial score (nSPS) is 11.5. The monoisotopic (exact) mass is 430 g/mol. The molecule has 4 aromatic rings. The summed E-state index contributed by atoms with van der Waals surface area (Å²) in [6.07, 6.45) is -4.56. The van der Waals surface area contributed by atoms with Crippen molar-refractivity contribution in [3.8, 4) is 22.6 Å². The van der Waals surface area contributed by atoms with Crippen LogP contribution >= 0.6 is 11.6 Å². The van der Waals surface area contributed by atoms with Crippen LogP contribution in [-0.2, 0) is 6.18 Å². The van der Waals surface area contributed by atoms with Crippen molar-refractivity contribution >= 4 is 23.4 Å². The molecule has 4 rings (SSSR count). The van der Waals surface area contributed by atoms with Crippen LogP contribution in [0.3, 0.4) is 0 Å². The number of aromatic amines is 1. The van der Waals surface area contributed by atoms with Gasteiger partial charge < -0.3 is 5.32 Å². The van der Waals surface area contributed by atoms with E-state index < -0.39 is 11.7 Å². The number of H-pyrrole nitrogens is 1. The summed E-state index contributed by atoms with van der Waals surface area (Å²) < 4.78 is 40.7. The maximum Gasteiger partial charge on any atom is 0.417 e. The van der Waals surface area contributed by atoms with Crippen LogP contribution < -0.4 is 5.32 Å². The summed E-state index contributed by atoms with van der Waals surface area (Å²) in [5, 5.41) is 9.96. The van der Waals surface area contributed by atoms with Crippen molar-refractivity contribution in [1.29, 1.82) is 0 Å². The Hall–Kier alpha value is -3.46. The first-order chi connectivity index (χ1) is 14.3. The molecule has 0 aliphatic carbocycles. The largest absolute Gasteiger partial charge is 0.417 e. The minimum atomic E-state index is -4.56. The molecule has 0 radical (unpaired) electrons. The van der Waals surface area contributed by atoms with Gasteiger partial charge in [0.2, 0.25) is 5.95 Å². The summed E-state index contributed by atoms with van der Waals surface area (Å²) >= 11 is 6.29. The SMILES string of the molecule is Cc1nc(Nc2cc(-c3ccccc3Cl)nc(-c3ccccc3C(F)(F)F)n2)n[nH]1. The third kappa shape index (κ3) is 4.11. The highest BCUT2D eigenvalue weighted by atomic mass is 35.5. The van der Waals surface area contributed by atoms with Crippen molar-refractivity contribution in [3.63, 3.8) is 0 Å². The van der Waals surface area contributed by atoms with Crippen LogP contribution in [-0.4, -0.2) is 25.1 Å². The van der Waals surface area contributed by atoms with Crippen molar-refractivity contribution in [1.82, 2.24) is 25.1 Å². The Balaban J connectivity index is 1.90. The van der Waals surface area contributed by atoms with Crippen LogP contribution in [0, 0.1) is 6.92 Å². The van der Waals surface area contributed by atoms with Crippen molar-refractivity contribution in [2.45, 2.75) is 13.1 Å². The molecule has 0 aliphatic rings. The van der Waals surface area contributed by atoms with Crippen molar-refractivity contribution in [3.05, 3.63) is 71.0 Å². The number of hydrogen-bond donors (Lipinski definition) is 2. The van der Waals surface area contributed by atoms with Crippen LogP contribution in [0.5, 0.6) is 0 Å². The number of nitrogens with zero attached hydrogens (tertiary/aromatic N) is 4. The van der Waals surface area contributed by atoms with E-state index in [4.69, 9.17) is 11.6 Å². The second-order valence-electron chi connectivity index (χ2n) is 6.35. The molecule has 10 heteroatoms. The molecule has 0 spiro atoms. The van der Waals surface area contributed by atoms with Crippen LogP contribution in [0.2, 0.25) is 5.02 Å². The molecule has 0 amide bonds. The fraction of sp³-hybridized carbons (Fsp3) is 0.100. The highest BCUT2D eigenvalue weighted by Gasteiger charge is 2.34. The molecule has 0 unspecified atom stereocenters. The van der Waals surface area contributed by atoms with Crippen LogP contribution in [0.25, 0.3) is 22.6 Å². The van der Waals surface area contributed by atoms with Crippen LogP contribution in [0.1, 0.15) is 11.4 Å². The zero-order chi connectivity index (χ0) is 21.3. The van der Waals surface area contributed by atoms with E-state index in [0.29, 0.717) is 22.1 Å². The predicted octanol–water partition coefficient (Wildman–Crippen LogP) is 5.65. The number of benzene rings is 2. The minimum Gasteiger partial charge on any atom is -0.307 e. The number of aryl methyl sites for hydroxylation is 1. The first kappa shape index (κ1) is 19.8. The molecule has 0 atom stereocenters. The lowest BCUT2D eigenvalue weighted by molar-refractivity contribution is -0.137. The van der Waals surface area contributed by atoms with E-state index >= 15 is 0 Å². The molecule has 0 saturated carbocycles. The smallest absolute Gasteiger partial charge is 0.307 e. The highest BCUT2D eigenvalue weighted by molar-refractivity contribution is 6.33. The highest BCUT2D eigenvalue weighted by Crippen LogP contribution is 2.37. The number of halogens is 4. The maximum atomic E-state index is 13.6. The molecule has 0 saturated heterocycles. The Morgan fingerprint density at radius 2 is 1.63 bits per heavy atom. The van der Waals surface area contributed by atoms with E-state index in [0.717, 1.165) is 6.07 Å². The van der Waals surface area contributed by atoms with Crippen LogP contribution in [0.15, 0.2) is 54.6 Å². The van der Waals surface area contributed by atoms with Gasteiger partial charge in [-0.15, -0.1) is 5.10 Å². The third-order valence-electron chi connectivity index (χ3n) is 4.19. The number of nitrogens with one attached hydrogen (secondary N) is 2. The maximum absolute atomic E-state index is 13.6. The molecule has 0 bridgehead atoms. The van der Waals surface area contributed by atoms with E-state index in [-0.39, 0.29) is 23.2 Å². The molecule has 6 nitrogen and oxygen atoms in total. The molecule has 0 fully saturated rings. The number of rotatable bonds is 4. The molecule has 2 aromatic heterocycles. The lowest BCUT2D eigenvalue weighted by Crippen LogP contribution is -2.09. The summed E-state index contributed by atoms with van der Waals surface area (Å²) in [5.41, 5.74) is -0.0621. The molecule has 2 aromatic carbocycles. The predicted molar refractivity (Wildman–Crippen MR) is 107 cm³/mol. The summed E-state index contributed by atoms with van der Waals surface area (Å²) in [7, 11) is 0. The second kappa shape index (κ2) is 7.75. The quantitative estimate of drug-likeness (QED) is 0.437. The molecule has 2 N–H and O–H groups in total. The lowest BCUT2D eigenvalue weighted by Gasteiger charge is -2.14. The summed E-state index contributed by atoms with van der Waals surface area (Å²) in [4.78, 5) is 12.8. The zero-order valence-corrected chi connectivity index (χ0v) is 16.3. The average molecular weight is 431 g/mol. The Morgan fingerprint density at radius 3 is 2.30 bits per heavy atom. The summed E-state index contributed by atoms with van der Waals surface area (Å²) in [5.74, 6) is 0.924. The molecule has 30 heavy (non-hydrogen) atoms. The van der Waals surface area contributed by atoms with E-state index in [2.05, 4.69) is 30.5 Å². The van der Waals surface area contributed by atoms with E-state index in [1.807, 2.05) is 0 Å². The topological polar surface area (TPSA) is 79.4 Å². The van der Waals surface area contributed by atoms with Crippen LogP contribution in [0.4, 0.5) is 24.9 Å². The molecule has 2 heterocycles. The van der Waals surface area contributed by atoms with E-state index in [9.17, 15) is 13.2 Å². The van der Waals surface area contributed by atoms with Gasteiger partial charge in [-0.05, 0) is 19.1 Å². The first-order valence-corrected chi connectivity index (χ1v) is 9.15. The standard InChI is InChI=1S/C20H14ClF3N6/c1-11-25-19(30-29-11)28-17-10-16(13-7-3-5-9-15(13)21)26-18(27-17)12-6-2-4-8-14(12)20(22,23)24/h2-10H,1H3,(H2,25,26,27,28,29,30). The first-order valence-electron chi connectivity index (χ1n) is 8.78. The van der Waals surface area contributed by atoms with Gasteiger partial charge in [0.05, 0.1) is 11.3 Å². The summed E-state index contributed by atoms with van der Waals surface area (Å²) in [6.45, 7) is 1.72. The van der Waals surface area contributed by atoms with E-state index in [1.54, 1.807) is 37.3 Å². The number of aromatic nitrogens is 5. The van der Waals surface area contributed by atoms with Crippen molar-refractivity contribution in [2.24, 2.45) is 0 Å². The molecular weight excluding hydrogens is 417 g/mol. The van der Waals surface area contributed by atoms with Gasteiger partial charge in [0, 0.05) is 22.2 Å². The fourth-order valence-electron chi connectivity index (χ4n) is 2.88. The molecule has 0 aliphatic heterocycles. The zero-order valence-electron chi connectivity index (χ0n) is 15.5. The number of alkyl halides is 3. The molecule has 152 valence electrons. The van der Waals surface area contributed by atoms with Gasteiger partial charge in [-0.1, -0.05) is 48.0 Å². The van der Waals surface area contributed by atoms with Gasteiger partial charge in [-0.2, -0.15) is 18.2 Å². The fourth-order valence-corrected chi connectivity index (χ4v) is 3.11. The average Bonchev–Trinajstić information content (AvgIpc) is 3.12.